The minimum absolute atomic E-state index is 2.85. The van der Waals surface area contributed by atoms with Gasteiger partial charge in [-0.2, -0.15) is 0 Å². The maximum atomic E-state index is 8.49. The molecule has 0 aromatic carbocycles. The van der Waals surface area contributed by atoms with Crippen LogP contribution in [0.1, 0.15) is 0 Å². The number of rotatable bonds is 0. The first kappa shape index (κ1) is 12.0. The molecule has 0 aliphatic carbocycles. The van der Waals surface area contributed by atoms with Gasteiger partial charge < -0.3 is 14.0 Å². The molecule has 0 aliphatic rings. The Hall–Kier alpha value is 0.300. The van der Waals surface area contributed by atoms with Crippen molar-refractivity contribution >= 4 is 0 Å². The molecule has 0 bridgehead atoms. The van der Waals surface area contributed by atoms with E-state index in [4.69, 9.17) is 32.6 Å². The fraction of sp³-hybridized carbons (Fsp3) is 0. The van der Waals surface area contributed by atoms with Crippen molar-refractivity contribution in [3.63, 3.8) is 0 Å². The van der Waals surface area contributed by atoms with Gasteiger partial charge in [-0.1, -0.05) is 0 Å². The van der Waals surface area contributed by atoms with Crippen molar-refractivity contribution in [1.29, 1.82) is 0 Å². The standard InChI is InChI=1S/ClHO4.ClO3/c2-1(3,4)5;2-1(3)4/h(H,2,3,4,5);/q;-1/p-1. The van der Waals surface area contributed by atoms with Gasteiger partial charge in [0, 0.05) is 0 Å². The summed E-state index contributed by atoms with van der Waals surface area (Å²) in [6.07, 6.45) is 0. The lowest BCUT2D eigenvalue weighted by atomic mass is 15.8. The molecule has 0 amide bonds. The van der Waals surface area contributed by atoms with Gasteiger partial charge in [0.25, 0.3) is 0 Å². The van der Waals surface area contributed by atoms with Crippen LogP contribution in [-0.4, -0.2) is 0 Å². The van der Waals surface area contributed by atoms with Gasteiger partial charge in [0.1, 0.15) is 0 Å². The average Bonchev–Trinajstić information content (AvgIpc) is 1.19. The van der Waals surface area contributed by atoms with Gasteiger partial charge in [0.15, 0.2) is 0 Å². The van der Waals surface area contributed by atoms with Crippen LogP contribution in [0.15, 0.2) is 0 Å². The Kier molecular flexibility index (Phi) is 6.83. The fourth-order valence-electron chi connectivity index (χ4n) is 0. The highest BCUT2D eigenvalue weighted by Gasteiger charge is 1.84. The van der Waals surface area contributed by atoms with E-state index in [1.807, 2.05) is 0 Å². The van der Waals surface area contributed by atoms with Crippen LogP contribution in [0.5, 0.6) is 0 Å². The van der Waals surface area contributed by atoms with Gasteiger partial charge >= 0.3 is 0 Å². The zero-order chi connectivity index (χ0) is 8.08. The van der Waals surface area contributed by atoms with E-state index in [1.165, 1.54) is 0 Å². The minimum atomic E-state index is -4.94. The third-order valence-electron chi connectivity index (χ3n) is 0. The Labute approximate surface area is 54.5 Å². The second-order valence-electron chi connectivity index (χ2n) is 0.567. The molecule has 0 unspecified atom stereocenters. The van der Waals surface area contributed by atoms with E-state index in [9.17, 15) is 0 Å². The molecule has 7 nitrogen and oxygen atoms in total. The van der Waals surface area contributed by atoms with Crippen LogP contribution in [0.4, 0.5) is 0 Å². The molecule has 0 saturated heterocycles. The van der Waals surface area contributed by atoms with E-state index >= 15 is 0 Å². The van der Waals surface area contributed by atoms with Crippen LogP contribution in [-0.2, 0) is 0 Å². The van der Waals surface area contributed by atoms with E-state index in [1.54, 1.807) is 0 Å². The molecule has 9 heteroatoms. The van der Waals surface area contributed by atoms with Gasteiger partial charge in [-0.25, -0.2) is 18.6 Å². The SMILES string of the molecule is [O-][Cl+2]([O-])[O-].[O-][Cl+3]([O-])([O-])[O-]. The maximum absolute atomic E-state index is 8.49. The molecule has 0 aromatic heterocycles. The van der Waals surface area contributed by atoms with Crippen molar-refractivity contribution in [3.05, 3.63) is 0 Å². The quantitative estimate of drug-likeness (QED) is 0.359. The van der Waals surface area contributed by atoms with Gasteiger partial charge in [-0.15, -0.1) is 10.2 Å². The monoisotopic (exact) mass is 182 g/mol. The van der Waals surface area contributed by atoms with E-state index in [0.29, 0.717) is 0 Å². The summed E-state index contributed by atoms with van der Waals surface area (Å²) in [5, 5.41) is 0. The molecule has 0 fully saturated rings. The lowest BCUT2D eigenvalue weighted by Crippen LogP contribution is -2.68. The van der Waals surface area contributed by atoms with E-state index in [0.717, 1.165) is 0 Å². The molecule has 0 aliphatic heterocycles. The maximum Gasteiger partial charge on any atom is 0.0695 e. The smallest absolute Gasteiger partial charge is 0.0695 e. The Morgan fingerprint density at radius 1 is 0.778 bits per heavy atom. The summed E-state index contributed by atoms with van der Waals surface area (Å²) >= 11 is 0. The van der Waals surface area contributed by atoms with E-state index in [2.05, 4.69) is 0 Å². The molecular formula is Cl2O7-2. The molecule has 58 valence electrons. The first-order valence-electron chi connectivity index (χ1n) is 1.08. The Morgan fingerprint density at radius 3 is 0.778 bits per heavy atom. The molecule has 9 heavy (non-hydrogen) atoms. The number of hydrogen-bond donors (Lipinski definition) is 0. The van der Waals surface area contributed by atoms with Crippen molar-refractivity contribution < 1.29 is 53.6 Å². The highest BCUT2D eigenvalue weighted by Crippen LogP contribution is 1.49. The third kappa shape index (κ3) is 3660. The zero-order valence-electron chi connectivity index (χ0n) is 3.61. The molecule has 0 saturated carbocycles. The molecule has 0 atom stereocenters. The highest BCUT2D eigenvalue weighted by molar-refractivity contribution is 2.00. The van der Waals surface area contributed by atoms with Crippen LogP contribution in [0.3, 0.4) is 0 Å². The second-order valence-corrected chi connectivity index (χ2v) is 1.70. The van der Waals surface area contributed by atoms with Crippen LogP contribution >= 0.6 is 0 Å². The topological polar surface area (TPSA) is 161 Å². The summed E-state index contributed by atoms with van der Waals surface area (Å²) in [6.45, 7) is 0. The van der Waals surface area contributed by atoms with E-state index < -0.39 is 21.0 Å². The zero-order valence-corrected chi connectivity index (χ0v) is 5.13. The van der Waals surface area contributed by atoms with Crippen LogP contribution in [0, 0.1) is 21.0 Å². The fourth-order valence-corrected chi connectivity index (χ4v) is 0. The summed E-state index contributed by atoms with van der Waals surface area (Å²) < 4.78 is 59.2. The predicted octanol–water partition coefficient (Wildman–Crippen LogP) is -8.32. The molecular weight excluding hydrogens is 183 g/mol. The first-order valence-corrected chi connectivity index (χ1v) is 3.24. The molecule has 0 rings (SSSR count). The van der Waals surface area contributed by atoms with Gasteiger partial charge in [-0.3, -0.25) is 0 Å². The first-order chi connectivity index (χ1) is 3.73. The molecule has 0 radical (unpaired) electrons. The van der Waals surface area contributed by atoms with Crippen molar-refractivity contribution in [2.45, 2.75) is 0 Å². The van der Waals surface area contributed by atoms with Crippen LogP contribution < -0.4 is 32.6 Å². The van der Waals surface area contributed by atoms with Gasteiger partial charge in [0.05, 0.1) is 10.8 Å². The van der Waals surface area contributed by atoms with E-state index in [-0.39, 0.29) is 0 Å². The van der Waals surface area contributed by atoms with Crippen LogP contribution in [0.2, 0.25) is 0 Å². The Morgan fingerprint density at radius 2 is 0.778 bits per heavy atom. The predicted molar refractivity (Wildman–Crippen MR) is 0 cm³/mol. The summed E-state index contributed by atoms with van der Waals surface area (Å²) in [5.41, 5.74) is 0. The van der Waals surface area contributed by atoms with Gasteiger partial charge in [-0.05, 0) is 0 Å². The second kappa shape index (κ2) is 5.11. The summed E-state index contributed by atoms with van der Waals surface area (Å²) in [4.78, 5) is 0. The summed E-state index contributed by atoms with van der Waals surface area (Å²) in [6, 6.07) is 0. The number of hydrogen-bond acceptors (Lipinski definition) is 7. The van der Waals surface area contributed by atoms with Crippen LogP contribution in [0.25, 0.3) is 0 Å². The van der Waals surface area contributed by atoms with Gasteiger partial charge in [0.2, 0.25) is 0 Å². The van der Waals surface area contributed by atoms with Crippen molar-refractivity contribution in [2.75, 3.05) is 0 Å². The molecule has 0 spiro atoms. The summed E-state index contributed by atoms with van der Waals surface area (Å²) in [5.74, 6) is 0. The van der Waals surface area contributed by atoms with Crippen molar-refractivity contribution in [1.82, 2.24) is 0 Å². The molecule has 0 aromatic rings. The minimum Gasteiger partial charge on any atom is -0.357 e. The normalized spacial score (nSPS) is 10.7. The lowest BCUT2D eigenvalue weighted by molar-refractivity contribution is -2.00. The third-order valence-corrected chi connectivity index (χ3v) is 0. The average molecular weight is 183 g/mol. The lowest BCUT2D eigenvalue weighted by Gasteiger charge is -2.17. The summed E-state index contributed by atoms with van der Waals surface area (Å²) in [7, 11) is -7.80. The highest BCUT2D eigenvalue weighted by atomic mass is 35.7. The van der Waals surface area contributed by atoms with Crippen molar-refractivity contribution in [3.8, 4) is 0 Å². The molecule has 0 heterocycles. The largest absolute Gasteiger partial charge is 0.357 e. The Balaban J connectivity index is 0. The number of halogens is 2. The molecule has 0 N–H and O–H groups in total. The Bertz CT molecular complexity index is 43.7. The van der Waals surface area contributed by atoms with Crippen molar-refractivity contribution in [2.24, 2.45) is 0 Å².